The molecule has 0 atom stereocenters. The second-order valence-corrected chi connectivity index (χ2v) is 5.59. The van der Waals surface area contributed by atoms with Gasteiger partial charge in [-0.2, -0.15) is 5.10 Å². The number of carbonyl (C=O) groups excluding carboxylic acids is 2. The lowest BCUT2D eigenvalue weighted by atomic mass is 9.67. The lowest BCUT2D eigenvalue weighted by Gasteiger charge is -2.42. The Hall–Kier alpha value is -1.92. The molecule has 7 nitrogen and oxygen atoms in total. The van der Waals surface area contributed by atoms with Gasteiger partial charge in [-0.25, -0.2) is 9.67 Å². The van der Waals surface area contributed by atoms with Gasteiger partial charge in [0, 0.05) is 6.04 Å². The Labute approximate surface area is 117 Å². The van der Waals surface area contributed by atoms with Crippen LogP contribution in [0.1, 0.15) is 31.4 Å². The van der Waals surface area contributed by atoms with Crippen molar-refractivity contribution in [1.29, 1.82) is 0 Å². The van der Waals surface area contributed by atoms with E-state index in [1.54, 1.807) is 11.6 Å². The van der Waals surface area contributed by atoms with E-state index in [1.807, 2.05) is 13.8 Å². The molecule has 0 radical (unpaired) electrons. The molecule has 1 saturated carbocycles. The van der Waals surface area contributed by atoms with Gasteiger partial charge in [0.25, 0.3) is 0 Å². The lowest BCUT2D eigenvalue weighted by Crippen LogP contribution is -2.53. The van der Waals surface area contributed by atoms with Gasteiger partial charge >= 0.3 is 5.97 Å². The number of esters is 1. The van der Waals surface area contributed by atoms with Crippen LogP contribution in [0, 0.1) is 19.3 Å². The highest BCUT2D eigenvalue weighted by Crippen LogP contribution is 2.41. The zero-order valence-electron chi connectivity index (χ0n) is 12.3. The third-order valence-corrected chi connectivity index (χ3v) is 3.69. The normalized spacial score (nSPS) is 24.9. The summed E-state index contributed by atoms with van der Waals surface area (Å²) in [6, 6.07) is 0.0246. The van der Waals surface area contributed by atoms with Gasteiger partial charge in [0.2, 0.25) is 5.91 Å². The SMILES string of the molecule is COC(=O)C1(C)CC(NC(=O)Cn2nc(C)nc2C)C1. The van der Waals surface area contributed by atoms with Crippen LogP contribution >= 0.6 is 0 Å². The number of nitrogens with zero attached hydrogens (tertiary/aromatic N) is 3. The maximum Gasteiger partial charge on any atom is 0.311 e. The Kier molecular flexibility index (Phi) is 3.78. The first kappa shape index (κ1) is 14.5. The molecule has 1 aromatic heterocycles. The van der Waals surface area contributed by atoms with Crippen molar-refractivity contribution in [2.45, 2.75) is 46.2 Å². The minimum absolute atomic E-state index is 0.0246. The summed E-state index contributed by atoms with van der Waals surface area (Å²) in [5, 5.41) is 7.04. The molecule has 1 aromatic rings. The second kappa shape index (κ2) is 5.22. The van der Waals surface area contributed by atoms with Crippen LogP contribution in [0.15, 0.2) is 0 Å². The average Bonchev–Trinajstić information content (AvgIpc) is 2.64. The van der Waals surface area contributed by atoms with Crippen LogP contribution in [-0.4, -0.2) is 39.8 Å². The Bertz CT molecular complexity index is 532. The molecule has 7 heteroatoms. The highest BCUT2D eigenvalue weighted by Gasteiger charge is 2.47. The van der Waals surface area contributed by atoms with E-state index in [0.29, 0.717) is 24.5 Å². The number of aryl methyl sites for hydroxylation is 2. The van der Waals surface area contributed by atoms with Gasteiger partial charge in [0.05, 0.1) is 12.5 Å². The predicted octanol–water partition coefficient (Wildman–Crippen LogP) is 0.353. The molecule has 2 rings (SSSR count). The molecule has 0 unspecified atom stereocenters. The molecule has 110 valence electrons. The standard InChI is InChI=1S/C13H20N4O3/c1-8-14-9(2)17(16-8)7-11(18)15-10-5-13(3,6-10)12(19)20-4/h10H,5-7H2,1-4H3,(H,15,18). The molecule has 0 spiro atoms. The molecule has 0 bridgehead atoms. The quantitative estimate of drug-likeness (QED) is 0.804. The fourth-order valence-corrected chi connectivity index (χ4v) is 2.66. The predicted molar refractivity (Wildman–Crippen MR) is 70.8 cm³/mol. The van der Waals surface area contributed by atoms with Crippen LogP contribution < -0.4 is 5.32 Å². The van der Waals surface area contributed by atoms with Crippen LogP contribution in [0.5, 0.6) is 0 Å². The van der Waals surface area contributed by atoms with E-state index in [1.165, 1.54) is 7.11 Å². The first-order chi connectivity index (χ1) is 9.34. The van der Waals surface area contributed by atoms with Crippen LogP contribution in [0.25, 0.3) is 0 Å². The van der Waals surface area contributed by atoms with Crippen molar-refractivity contribution in [3.05, 3.63) is 11.6 Å². The molecule has 20 heavy (non-hydrogen) atoms. The van der Waals surface area contributed by atoms with Gasteiger partial charge in [-0.1, -0.05) is 0 Å². The van der Waals surface area contributed by atoms with Gasteiger partial charge in [-0.05, 0) is 33.6 Å². The van der Waals surface area contributed by atoms with Crippen LogP contribution in [-0.2, 0) is 20.9 Å². The summed E-state index contributed by atoms with van der Waals surface area (Å²) < 4.78 is 6.32. The third kappa shape index (κ3) is 2.81. The van der Waals surface area contributed by atoms with Crippen molar-refractivity contribution in [2.75, 3.05) is 7.11 Å². The Morgan fingerprint density at radius 1 is 1.45 bits per heavy atom. The largest absolute Gasteiger partial charge is 0.469 e. The van der Waals surface area contributed by atoms with Crippen molar-refractivity contribution in [3.63, 3.8) is 0 Å². The smallest absolute Gasteiger partial charge is 0.311 e. The summed E-state index contributed by atoms with van der Waals surface area (Å²) >= 11 is 0. The summed E-state index contributed by atoms with van der Waals surface area (Å²) in [5.41, 5.74) is -0.466. The van der Waals surface area contributed by atoms with Gasteiger partial charge in [-0.3, -0.25) is 9.59 Å². The summed E-state index contributed by atoms with van der Waals surface area (Å²) in [6.45, 7) is 5.60. The summed E-state index contributed by atoms with van der Waals surface area (Å²) in [6.07, 6.45) is 1.22. The summed E-state index contributed by atoms with van der Waals surface area (Å²) in [5.74, 6) is 1.03. The number of hydrogen-bond donors (Lipinski definition) is 1. The Morgan fingerprint density at radius 3 is 2.60 bits per heavy atom. The number of methoxy groups -OCH3 is 1. The Balaban J connectivity index is 1.83. The highest BCUT2D eigenvalue weighted by atomic mass is 16.5. The van der Waals surface area contributed by atoms with E-state index in [0.717, 1.165) is 0 Å². The van der Waals surface area contributed by atoms with Gasteiger partial charge < -0.3 is 10.1 Å². The average molecular weight is 280 g/mol. The molecular weight excluding hydrogens is 260 g/mol. The number of nitrogens with one attached hydrogen (secondary N) is 1. The molecule has 0 aromatic carbocycles. The van der Waals surface area contributed by atoms with E-state index >= 15 is 0 Å². The Morgan fingerprint density at radius 2 is 2.10 bits per heavy atom. The molecule has 1 aliphatic carbocycles. The zero-order chi connectivity index (χ0) is 14.9. The molecule has 1 fully saturated rings. The van der Waals surface area contributed by atoms with Gasteiger partial charge in [-0.15, -0.1) is 0 Å². The zero-order valence-corrected chi connectivity index (χ0v) is 12.3. The number of carbonyl (C=O) groups is 2. The highest BCUT2D eigenvalue weighted by molar-refractivity contribution is 5.79. The first-order valence-electron chi connectivity index (χ1n) is 6.60. The fourth-order valence-electron chi connectivity index (χ4n) is 2.66. The van der Waals surface area contributed by atoms with E-state index in [4.69, 9.17) is 4.74 Å². The summed E-state index contributed by atoms with van der Waals surface area (Å²) in [4.78, 5) is 27.6. The van der Waals surface area contributed by atoms with E-state index in [9.17, 15) is 9.59 Å². The molecule has 0 aliphatic heterocycles. The van der Waals surface area contributed by atoms with Crippen molar-refractivity contribution in [3.8, 4) is 0 Å². The van der Waals surface area contributed by atoms with Crippen molar-refractivity contribution in [1.82, 2.24) is 20.1 Å². The molecule has 1 amide bonds. The molecule has 1 N–H and O–H groups in total. The number of rotatable bonds is 4. The lowest BCUT2D eigenvalue weighted by molar-refractivity contribution is -0.159. The third-order valence-electron chi connectivity index (χ3n) is 3.69. The number of amides is 1. The molecular formula is C13H20N4O3. The van der Waals surface area contributed by atoms with Crippen LogP contribution in [0.3, 0.4) is 0 Å². The minimum Gasteiger partial charge on any atom is -0.469 e. The van der Waals surface area contributed by atoms with E-state index < -0.39 is 5.41 Å². The van der Waals surface area contributed by atoms with Crippen LogP contribution in [0.4, 0.5) is 0 Å². The maximum atomic E-state index is 11.9. The number of ether oxygens (including phenoxy) is 1. The number of hydrogen-bond acceptors (Lipinski definition) is 5. The monoisotopic (exact) mass is 280 g/mol. The van der Waals surface area contributed by atoms with Crippen molar-refractivity contribution < 1.29 is 14.3 Å². The minimum atomic E-state index is -0.466. The van der Waals surface area contributed by atoms with E-state index in [-0.39, 0.29) is 24.5 Å². The summed E-state index contributed by atoms with van der Waals surface area (Å²) in [7, 11) is 1.38. The topological polar surface area (TPSA) is 86.1 Å². The molecule has 1 aliphatic rings. The fraction of sp³-hybridized carbons (Fsp3) is 0.692. The van der Waals surface area contributed by atoms with Crippen molar-refractivity contribution in [2.24, 2.45) is 5.41 Å². The first-order valence-corrected chi connectivity index (χ1v) is 6.60. The van der Waals surface area contributed by atoms with E-state index in [2.05, 4.69) is 15.4 Å². The maximum absolute atomic E-state index is 11.9. The van der Waals surface area contributed by atoms with Crippen LogP contribution in [0.2, 0.25) is 0 Å². The molecule has 0 saturated heterocycles. The van der Waals surface area contributed by atoms with Gasteiger partial charge in [0.15, 0.2) is 0 Å². The van der Waals surface area contributed by atoms with Crippen molar-refractivity contribution >= 4 is 11.9 Å². The second-order valence-electron chi connectivity index (χ2n) is 5.59. The molecule has 1 heterocycles. The number of aromatic nitrogens is 3. The van der Waals surface area contributed by atoms with Gasteiger partial charge in [0.1, 0.15) is 18.2 Å².